The summed E-state index contributed by atoms with van der Waals surface area (Å²) in [5.74, 6) is 0. The molecule has 0 amide bonds. The molecule has 1 nitrogen and oxygen atoms in total. The molecule has 0 fully saturated rings. The molecule has 2 aliphatic rings. The highest BCUT2D eigenvalue weighted by atomic mass is 14.9. The van der Waals surface area contributed by atoms with Crippen molar-refractivity contribution in [1.82, 2.24) is 0 Å². The number of nitrogens with zero attached hydrogens (tertiary/aromatic N) is 1. The van der Waals surface area contributed by atoms with Crippen molar-refractivity contribution in [3.8, 4) is 0 Å². The zero-order chi connectivity index (χ0) is 11.9. The first-order valence-electron chi connectivity index (χ1n) is 6.35. The van der Waals surface area contributed by atoms with Gasteiger partial charge >= 0.3 is 0 Å². The molecule has 0 saturated carbocycles. The maximum Gasteiger partial charge on any atom is 0.102 e. The normalized spacial score (nSPS) is 20.1. The van der Waals surface area contributed by atoms with Crippen LogP contribution in [0.3, 0.4) is 0 Å². The van der Waals surface area contributed by atoms with Crippen molar-refractivity contribution in [2.75, 3.05) is 0 Å². The molecule has 2 aromatic rings. The van der Waals surface area contributed by atoms with Gasteiger partial charge in [0, 0.05) is 11.1 Å². The summed E-state index contributed by atoms with van der Waals surface area (Å²) in [7, 11) is 0. The summed E-state index contributed by atoms with van der Waals surface area (Å²) in [6.45, 7) is 0. The fourth-order valence-electron chi connectivity index (χ4n) is 2.81. The SMILES string of the molecule is C1=C2C(=NC2c2ccccc2)c2ccccc2C1. The summed E-state index contributed by atoms with van der Waals surface area (Å²) >= 11 is 0. The Morgan fingerprint density at radius 2 is 1.67 bits per heavy atom. The van der Waals surface area contributed by atoms with E-state index in [1.165, 1.54) is 28.0 Å². The topological polar surface area (TPSA) is 12.4 Å². The molecule has 0 radical (unpaired) electrons. The molecule has 0 saturated heterocycles. The minimum Gasteiger partial charge on any atom is -0.271 e. The second-order valence-corrected chi connectivity index (χ2v) is 4.81. The molecule has 0 bridgehead atoms. The van der Waals surface area contributed by atoms with Crippen molar-refractivity contribution in [1.29, 1.82) is 0 Å². The predicted octanol–water partition coefficient (Wildman–Crippen LogP) is 3.71. The third-order valence-electron chi connectivity index (χ3n) is 3.76. The molecular formula is C17H13N. The Bertz CT molecular complexity index is 665. The van der Waals surface area contributed by atoms with Gasteiger partial charge in [-0.3, -0.25) is 4.99 Å². The smallest absolute Gasteiger partial charge is 0.102 e. The van der Waals surface area contributed by atoms with Crippen LogP contribution >= 0.6 is 0 Å². The third kappa shape index (κ3) is 1.31. The Kier molecular flexibility index (Phi) is 2.01. The molecule has 86 valence electrons. The van der Waals surface area contributed by atoms with E-state index < -0.39 is 0 Å². The van der Waals surface area contributed by atoms with E-state index in [0.717, 1.165) is 6.42 Å². The van der Waals surface area contributed by atoms with Crippen LogP contribution in [0.25, 0.3) is 0 Å². The number of fused-ring (bicyclic) bond motifs is 3. The van der Waals surface area contributed by atoms with Gasteiger partial charge in [0.25, 0.3) is 0 Å². The van der Waals surface area contributed by atoms with Crippen LogP contribution in [0.5, 0.6) is 0 Å². The van der Waals surface area contributed by atoms with Gasteiger partial charge in [-0.1, -0.05) is 60.7 Å². The first-order valence-corrected chi connectivity index (χ1v) is 6.35. The first kappa shape index (κ1) is 9.84. The van der Waals surface area contributed by atoms with Gasteiger partial charge < -0.3 is 0 Å². The summed E-state index contributed by atoms with van der Waals surface area (Å²) in [6, 6.07) is 19.4. The largest absolute Gasteiger partial charge is 0.271 e. The second-order valence-electron chi connectivity index (χ2n) is 4.81. The lowest BCUT2D eigenvalue weighted by molar-refractivity contribution is 0.815. The highest BCUT2D eigenvalue weighted by molar-refractivity contribution is 6.19. The number of aliphatic imine (C=N–C) groups is 1. The monoisotopic (exact) mass is 231 g/mol. The fourth-order valence-corrected chi connectivity index (χ4v) is 2.81. The van der Waals surface area contributed by atoms with Crippen LogP contribution in [0.1, 0.15) is 22.7 Å². The van der Waals surface area contributed by atoms with Crippen LogP contribution in [0.4, 0.5) is 0 Å². The van der Waals surface area contributed by atoms with Gasteiger partial charge in [0.1, 0.15) is 6.04 Å². The van der Waals surface area contributed by atoms with Gasteiger partial charge in [-0.25, -0.2) is 0 Å². The quantitative estimate of drug-likeness (QED) is 0.709. The van der Waals surface area contributed by atoms with Gasteiger partial charge in [0.2, 0.25) is 0 Å². The Morgan fingerprint density at radius 3 is 2.56 bits per heavy atom. The minimum atomic E-state index is 0.259. The Morgan fingerprint density at radius 1 is 0.889 bits per heavy atom. The van der Waals surface area contributed by atoms with Crippen LogP contribution in [0, 0.1) is 0 Å². The average Bonchev–Trinajstić information content (AvgIpc) is 2.40. The lowest BCUT2D eigenvalue weighted by Gasteiger charge is -2.32. The van der Waals surface area contributed by atoms with E-state index in [0.29, 0.717) is 0 Å². The number of hydrogen-bond acceptors (Lipinski definition) is 1. The summed E-state index contributed by atoms with van der Waals surface area (Å²) in [6.07, 6.45) is 3.37. The zero-order valence-electron chi connectivity index (χ0n) is 10.0. The molecular weight excluding hydrogens is 218 g/mol. The summed E-state index contributed by atoms with van der Waals surface area (Å²) in [5.41, 5.74) is 6.62. The molecule has 0 N–H and O–H groups in total. The van der Waals surface area contributed by atoms with E-state index in [1.807, 2.05) is 0 Å². The molecule has 0 spiro atoms. The minimum absolute atomic E-state index is 0.259. The van der Waals surface area contributed by atoms with E-state index in [4.69, 9.17) is 4.99 Å². The maximum atomic E-state index is 4.80. The Balaban J connectivity index is 1.79. The van der Waals surface area contributed by atoms with Crippen LogP contribution in [0.15, 0.2) is 71.2 Å². The van der Waals surface area contributed by atoms with E-state index in [1.54, 1.807) is 0 Å². The van der Waals surface area contributed by atoms with E-state index >= 15 is 0 Å². The van der Waals surface area contributed by atoms with Crippen LogP contribution < -0.4 is 0 Å². The van der Waals surface area contributed by atoms with Crippen LogP contribution in [0.2, 0.25) is 0 Å². The number of rotatable bonds is 1. The number of allylic oxidation sites excluding steroid dienone is 1. The van der Waals surface area contributed by atoms with E-state index in [-0.39, 0.29) is 6.04 Å². The fraction of sp³-hybridized carbons (Fsp3) is 0.118. The van der Waals surface area contributed by atoms with Gasteiger partial charge in [-0.15, -0.1) is 0 Å². The molecule has 1 heteroatoms. The van der Waals surface area contributed by atoms with Gasteiger partial charge in [0.05, 0.1) is 5.71 Å². The van der Waals surface area contributed by atoms with Crippen molar-refractivity contribution in [3.63, 3.8) is 0 Å². The molecule has 0 aromatic heterocycles. The van der Waals surface area contributed by atoms with E-state index in [2.05, 4.69) is 60.7 Å². The molecule has 1 atom stereocenters. The second kappa shape index (κ2) is 3.67. The van der Waals surface area contributed by atoms with Crippen molar-refractivity contribution < 1.29 is 0 Å². The predicted molar refractivity (Wildman–Crippen MR) is 73.9 cm³/mol. The highest BCUT2D eigenvalue weighted by Gasteiger charge is 2.33. The van der Waals surface area contributed by atoms with Crippen LogP contribution in [-0.4, -0.2) is 5.71 Å². The summed E-state index contributed by atoms with van der Waals surface area (Å²) in [4.78, 5) is 4.80. The first-order chi connectivity index (χ1) is 8.93. The lowest BCUT2D eigenvalue weighted by atomic mass is 9.80. The van der Waals surface area contributed by atoms with Crippen molar-refractivity contribution >= 4 is 5.71 Å². The molecule has 1 unspecified atom stereocenters. The standard InChI is InChI=1S/C17H13N/c1-2-7-13(8-3-1)16-15-11-10-12-6-4-5-9-14(12)17(15)18-16/h1-9,11,16H,10H2. The molecule has 1 aliphatic carbocycles. The van der Waals surface area contributed by atoms with Crippen molar-refractivity contribution in [3.05, 3.63) is 82.9 Å². The maximum absolute atomic E-state index is 4.80. The Hall–Kier alpha value is -2.15. The molecule has 1 aliphatic heterocycles. The third-order valence-corrected chi connectivity index (χ3v) is 3.76. The van der Waals surface area contributed by atoms with Crippen molar-refractivity contribution in [2.45, 2.75) is 12.5 Å². The zero-order valence-corrected chi connectivity index (χ0v) is 10.0. The molecule has 1 heterocycles. The number of hydrogen-bond donors (Lipinski definition) is 0. The van der Waals surface area contributed by atoms with E-state index in [9.17, 15) is 0 Å². The average molecular weight is 231 g/mol. The molecule has 4 rings (SSSR count). The highest BCUT2D eigenvalue weighted by Crippen LogP contribution is 2.40. The van der Waals surface area contributed by atoms with Gasteiger partial charge in [-0.2, -0.15) is 0 Å². The summed E-state index contributed by atoms with van der Waals surface area (Å²) < 4.78 is 0. The number of benzene rings is 2. The summed E-state index contributed by atoms with van der Waals surface area (Å²) in [5, 5.41) is 0. The van der Waals surface area contributed by atoms with Crippen LogP contribution in [-0.2, 0) is 6.42 Å². The van der Waals surface area contributed by atoms with Gasteiger partial charge in [-0.05, 0) is 17.5 Å². The molecule has 18 heavy (non-hydrogen) atoms. The Labute approximate surface area is 107 Å². The molecule has 2 aromatic carbocycles. The van der Waals surface area contributed by atoms with Gasteiger partial charge in [0.15, 0.2) is 0 Å². The van der Waals surface area contributed by atoms with Crippen molar-refractivity contribution in [2.24, 2.45) is 4.99 Å². The lowest BCUT2D eigenvalue weighted by Crippen LogP contribution is -2.26.